The second-order valence-electron chi connectivity index (χ2n) is 9.81. The lowest BCUT2D eigenvalue weighted by molar-refractivity contribution is -0.189. The molecule has 0 amide bonds. The first-order valence-corrected chi connectivity index (χ1v) is 13.3. The number of benzene rings is 4. The summed E-state index contributed by atoms with van der Waals surface area (Å²) in [6.07, 6.45) is -7.27. The SMILES string of the molecule is CCCCc1ccc(C#Cc2cc(F)c(C(F)(F)Oc3cc(F)c(C#Cc4cc(F)c(C(F)(F)F)c(F)c4)c(F)c3)c(F)c2)cc1. The second kappa shape index (κ2) is 13.6. The summed E-state index contributed by atoms with van der Waals surface area (Å²) in [6.45, 7) is 2.05. The van der Waals surface area contributed by atoms with E-state index in [0.29, 0.717) is 17.7 Å². The summed E-state index contributed by atoms with van der Waals surface area (Å²) in [5, 5.41) is 0. The van der Waals surface area contributed by atoms with Crippen molar-refractivity contribution in [3.63, 3.8) is 0 Å². The van der Waals surface area contributed by atoms with Gasteiger partial charge >= 0.3 is 12.3 Å². The highest BCUT2D eigenvalue weighted by Crippen LogP contribution is 2.37. The van der Waals surface area contributed by atoms with Gasteiger partial charge in [-0.05, 0) is 54.8 Å². The van der Waals surface area contributed by atoms with Crippen LogP contribution in [0.15, 0.2) is 60.7 Å². The Bertz CT molecular complexity index is 1820. The van der Waals surface area contributed by atoms with E-state index < -0.39 is 75.2 Å². The summed E-state index contributed by atoms with van der Waals surface area (Å²) in [5.41, 5.74) is -4.62. The van der Waals surface area contributed by atoms with Gasteiger partial charge in [0.15, 0.2) is 0 Å². The van der Waals surface area contributed by atoms with E-state index in [-0.39, 0.29) is 29.8 Å². The first kappa shape index (κ1) is 33.9. The number of aryl methyl sites for hydroxylation is 1. The van der Waals surface area contributed by atoms with Crippen LogP contribution >= 0.6 is 0 Å². The molecule has 0 fully saturated rings. The van der Waals surface area contributed by atoms with Crippen LogP contribution in [0.25, 0.3) is 0 Å². The van der Waals surface area contributed by atoms with Crippen molar-refractivity contribution < 1.29 is 53.0 Å². The second-order valence-corrected chi connectivity index (χ2v) is 9.81. The van der Waals surface area contributed by atoms with Gasteiger partial charge in [-0.1, -0.05) is 49.2 Å². The van der Waals surface area contributed by atoms with Gasteiger partial charge in [0.25, 0.3) is 0 Å². The molecule has 46 heavy (non-hydrogen) atoms. The normalized spacial score (nSPS) is 11.4. The van der Waals surface area contributed by atoms with Crippen LogP contribution in [0.4, 0.5) is 48.3 Å². The van der Waals surface area contributed by atoms with E-state index in [9.17, 15) is 48.3 Å². The van der Waals surface area contributed by atoms with Crippen LogP contribution in [0.3, 0.4) is 0 Å². The molecular weight excluding hydrogens is 633 g/mol. The predicted octanol–water partition coefficient (Wildman–Crippen LogP) is 9.81. The quantitative estimate of drug-likeness (QED) is 0.149. The van der Waals surface area contributed by atoms with Gasteiger partial charge in [-0.3, -0.25) is 0 Å². The number of rotatable bonds is 6. The van der Waals surface area contributed by atoms with Crippen molar-refractivity contribution in [2.75, 3.05) is 0 Å². The van der Waals surface area contributed by atoms with Gasteiger partial charge in [-0.25, -0.2) is 26.3 Å². The van der Waals surface area contributed by atoms with E-state index in [4.69, 9.17) is 0 Å². The topological polar surface area (TPSA) is 9.23 Å². The Hall–Kier alpha value is -4.97. The molecule has 0 unspecified atom stereocenters. The Labute approximate surface area is 255 Å². The summed E-state index contributed by atoms with van der Waals surface area (Å²) in [7, 11) is 0. The monoisotopic (exact) mass is 652 g/mol. The number of unbranched alkanes of at least 4 members (excludes halogenated alkanes) is 1. The lowest BCUT2D eigenvalue weighted by Crippen LogP contribution is -2.25. The van der Waals surface area contributed by atoms with E-state index in [1.807, 2.05) is 18.1 Å². The lowest BCUT2D eigenvalue weighted by atomic mass is 10.1. The number of ether oxygens (including phenoxy) is 1. The molecule has 0 bridgehead atoms. The fourth-order valence-corrected chi connectivity index (χ4v) is 4.18. The lowest BCUT2D eigenvalue weighted by Gasteiger charge is -2.20. The zero-order chi connectivity index (χ0) is 33.8. The number of hydrogen-bond donors (Lipinski definition) is 0. The van der Waals surface area contributed by atoms with Gasteiger partial charge in [-0.2, -0.15) is 22.0 Å². The van der Waals surface area contributed by atoms with Crippen LogP contribution in [0.2, 0.25) is 0 Å². The summed E-state index contributed by atoms with van der Waals surface area (Å²) < 4.78 is 158. The minimum atomic E-state index is -5.36. The molecule has 1 nitrogen and oxygen atoms in total. The maximum Gasteiger partial charge on any atom is 0.432 e. The van der Waals surface area contributed by atoms with Crippen molar-refractivity contribution >= 4 is 0 Å². The zero-order valence-corrected chi connectivity index (χ0v) is 23.5. The summed E-state index contributed by atoms with van der Waals surface area (Å²) >= 11 is 0. The predicted molar refractivity (Wildman–Crippen MR) is 146 cm³/mol. The van der Waals surface area contributed by atoms with Gasteiger partial charge in [-0.15, -0.1) is 0 Å². The molecule has 0 aliphatic carbocycles. The zero-order valence-electron chi connectivity index (χ0n) is 23.5. The fraction of sp³-hybridized carbons (Fsp3) is 0.176. The van der Waals surface area contributed by atoms with Gasteiger partial charge in [0.2, 0.25) is 0 Å². The molecular formula is C34H19F11O. The minimum absolute atomic E-state index is 0.179. The Morgan fingerprint density at radius 2 is 1.02 bits per heavy atom. The smallest absolute Gasteiger partial charge is 0.429 e. The van der Waals surface area contributed by atoms with E-state index in [2.05, 4.69) is 23.5 Å². The highest BCUT2D eigenvalue weighted by molar-refractivity contribution is 5.48. The molecule has 0 N–H and O–H groups in total. The maximum atomic E-state index is 14.8. The van der Waals surface area contributed by atoms with Crippen molar-refractivity contribution in [3.05, 3.63) is 135 Å². The molecule has 0 radical (unpaired) electrons. The highest BCUT2D eigenvalue weighted by atomic mass is 19.4. The largest absolute Gasteiger partial charge is 0.432 e. The van der Waals surface area contributed by atoms with Crippen LogP contribution in [0.5, 0.6) is 5.75 Å². The molecule has 0 atom stereocenters. The fourth-order valence-electron chi connectivity index (χ4n) is 4.18. The van der Waals surface area contributed by atoms with E-state index in [1.165, 1.54) is 0 Å². The average molecular weight is 653 g/mol. The highest BCUT2D eigenvalue weighted by Gasteiger charge is 2.41. The summed E-state index contributed by atoms with van der Waals surface area (Å²) in [5.74, 6) is -3.27. The van der Waals surface area contributed by atoms with E-state index in [1.54, 1.807) is 18.1 Å². The molecule has 0 saturated heterocycles. The third kappa shape index (κ3) is 7.99. The van der Waals surface area contributed by atoms with Crippen LogP contribution < -0.4 is 4.74 Å². The van der Waals surface area contributed by atoms with Crippen molar-refractivity contribution in [1.82, 2.24) is 0 Å². The molecule has 238 valence electrons. The molecule has 0 heterocycles. The van der Waals surface area contributed by atoms with Crippen molar-refractivity contribution in [2.24, 2.45) is 0 Å². The molecule has 0 aliphatic heterocycles. The molecule has 0 aromatic heterocycles. The Balaban J connectivity index is 1.55. The molecule has 4 rings (SSSR count). The van der Waals surface area contributed by atoms with Crippen LogP contribution in [0, 0.1) is 58.6 Å². The Morgan fingerprint density at radius 3 is 1.50 bits per heavy atom. The molecule has 0 saturated carbocycles. The standard InChI is InChI=1S/C34H19F11O/c1-2-3-4-19-5-7-20(8-6-19)9-10-21-15-29(39)32(30(40)16-21)34(44,45)46-23-17-25(35)24(26(36)18-23)12-11-22-13-27(37)31(28(38)14-22)33(41,42)43/h5-8,13-18H,2-4H2,1H3. The molecule has 4 aromatic carbocycles. The third-order valence-electron chi connectivity index (χ3n) is 6.38. The first-order valence-electron chi connectivity index (χ1n) is 13.3. The number of hydrogen-bond acceptors (Lipinski definition) is 1. The molecule has 0 aliphatic rings. The Kier molecular flexibility index (Phi) is 10.0. The first-order chi connectivity index (χ1) is 21.6. The molecule has 4 aromatic rings. The van der Waals surface area contributed by atoms with Gasteiger partial charge in [0.05, 0.1) is 5.56 Å². The van der Waals surface area contributed by atoms with Gasteiger partial charge in [0, 0.05) is 28.8 Å². The number of alkyl halides is 5. The Morgan fingerprint density at radius 1 is 0.565 bits per heavy atom. The van der Waals surface area contributed by atoms with Crippen LogP contribution in [-0.2, 0) is 18.7 Å². The summed E-state index contributed by atoms with van der Waals surface area (Å²) in [4.78, 5) is 0. The summed E-state index contributed by atoms with van der Waals surface area (Å²) in [6, 6.07) is 8.89. The van der Waals surface area contributed by atoms with Crippen molar-refractivity contribution in [1.29, 1.82) is 0 Å². The van der Waals surface area contributed by atoms with Gasteiger partial charge < -0.3 is 4.74 Å². The maximum absolute atomic E-state index is 14.8. The average Bonchev–Trinajstić information content (AvgIpc) is 2.93. The van der Waals surface area contributed by atoms with Gasteiger partial charge in [0.1, 0.15) is 51.8 Å². The third-order valence-corrected chi connectivity index (χ3v) is 6.38. The molecule has 12 heteroatoms. The van der Waals surface area contributed by atoms with E-state index >= 15 is 0 Å². The van der Waals surface area contributed by atoms with Crippen LogP contribution in [-0.4, -0.2) is 0 Å². The van der Waals surface area contributed by atoms with Crippen molar-refractivity contribution in [2.45, 2.75) is 38.5 Å². The van der Waals surface area contributed by atoms with Crippen LogP contribution in [0.1, 0.15) is 58.7 Å². The number of halogens is 11. The minimum Gasteiger partial charge on any atom is -0.429 e. The van der Waals surface area contributed by atoms with E-state index in [0.717, 1.165) is 24.8 Å². The molecule has 0 spiro atoms. The van der Waals surface area contributed by atoms with Crippen molar-refractivity contribution in [3.8, 4) is 29.4 Å².